The number of methoxy groups -OCH3 is 1. The molecule has 1 aromatic carbocycles. The second-order valence-electron chi connectivity index (χ2n) is 4.62. The standard InChI is InChI=1S/C14H12N4O6/c1-24-14(19)10-6-12(18(22)23)13(16-8-10)15-7-9-2-4-11(5-3-9)17(20)21/h2-6,8H,7H2,1H3,(H,15,16). The molecular formula is C14H12N4O6. The number of ether oxygens (including phenoxy) is 1. The van der Waals surface area contributed by atoms with Crippen LogP contribution in [0.2, 0.25) is 0 Å². The van der Waals surface area contributed by atoms with Crippen LogP contribution in [-0.4, -0.2) is 27.9 Å². The molecule has 0 bridgehead atoms. The number of pyridine rings is 1. The molecule has 1 heterocycles. The Morgan fingerprint density at radius 2 is 1.88 bits per heavy atom. The lowest BCUT2D eigenvalue weighted by molar-refractivity contribution is -0.384. The van der Waals surface area contributed by atoms with E-state index in [-0.39, 0.29) is 29.3 Å². The quantitative estimate of drug-likeness (QED) is 0.483. The van der Waals surface area contributed by atoms with Crippen molar-refractivity contribution in [3.05, 3.63) is 67.9 Å². The average molecular weight is 332 g/mol. The number of nitro benzene ring substituents is 1. The van der Waals surface area contributed by atoms with Crippen molar-refractivity contribution >= 4 is 23.2 Å². The predicted molar refractivity (Wildman–Crippen MR) is 82.7 cm³/mol. The minimum atomic E-state index is -0.729. The molecule has 0 amide bonds. The number of hydrogen-bond acceptors (Lipinski definition) is 8. The molecule has 0 unspecified atom stereocenters. The zero-order valence-corrected chi connectivity index (χ0v) is 12.5. The van der Waals surface area contributed by atoms with Gasteiger partial charge in [-0.1, -0.05) is 12.1 Å². The summed E-state index contributed by atoms with van der Waals surface area (Å²) in [5.41, 5.74) is 0.212. The summed E-state index contributed by atoms with van der Waals surface area (Å²) in [7, 11) is 1.16. The number of carbonyl (C=O) groups excluding carboxylic acids is 1. The number of non-ortho nitro benzene ring substituents is 1. The van der Waals surface area contributed by atoms with Crippen molar-refractivity contribution in [2.75, 3.05) is 12.4 Å². The molecule has 10 heteroatoms. The lowest BCUT2D eigenvalue weighted by Crippen LogP contribution is -2.08. The molecule has 124 valence electrons. The summed E-state index contributed by atoms with van der Waals surface area (Å²) >= 11 is 0. The second-order valence-corrected chi connectivity index (χ2v) is 4.62. The second kappa shape index (κ2) is 7.13. The van der Waals surface area contributed by atoms with E-state index in [4.69, 9.17) is 0 Å². The Bertz CT molecular complexity index is 790. The Balaban J connectivity index is 2.18. The van der Waals surface area contributed by atoms with Gasteiger partial charge in [0.2, 0.25) is 5.82 Å². The molecule has 0 aliphatic carbocycles. The van der Waals surface area contributed by atoms with E-state index in [0.29, 0.717) is 5.56 Å². The van der Waals surface area contributed by atoms with Gasteiger partial charge in [0, 0.05) is 30.9 Å². The van der Waals surface area contributed by atoms with Crippen LogP contribution in [0, 0.1) is 20.2 Å². The predicted octanol–water partition coefficient (Wildman–Crippen LogP) is 2.30. The Morgan fingerprint density at radius 1 is 1.21 bits per heavy atom. The SMILES string of the molecule is COC(=O)c1cnc(NCc2ccc([N+](=O)[O-])cc2)c([N+](=O)[O-])c1. The van der Waals surface area contributed by atoms with E-state index in [2.05, 4.69) is 15.0 Å². The first-order valence-corrected chi connectivity index (χ1v) is 6.62. The van der Waals surface area contributed by atoms with Gasteiger partial charge < -0.3 is 10.1 Å². The van der Waals surface area contributed by atoms with E-state index in [1.54, 1.807) is 0 Å². The van der Waals surface area contributed by atoms with Crippen molar-refractivity contribution in [3.63, 3.8) is 0 Å². The normalized spacial score (nSPS) is 10.0. The van der Waals surface area contributed by atoms with E-state index in [0.717, 1.165) is 19.4 Å². The van der Waals surface area contributed by atoms with Crippen LogP contribution in [0.15, 0.2) is 36.5 Å². The molecule has 2 aromatic rings. The first kappa shape index (κ1) is 16.8. The van der Waals surface area contributed by atoms with E-state index in [1.165, 1.54) is 24.3 Å². The maximum Gasteiger partial charge on any atom is 0.339 e. The number of rotatable bonds is 6. The van der Waals surface area contributed by atoms with Crippen molar-refractivity contribution in [2.24, 2.45) is 0 Å². The number of nitrogens with one attached hydrogen (secondary N) is 1. The number of benzene rings is 1. The fourth-order valence-corrected chi connectivity index (χ4v) is 1.88. The van der Waals surface area contributed by atoms with Crippen LogP contribution in [0.4, 0.5) is 17.2 Å². The van der Waals surface area contributed by atoms with Crippen LogP contribution in [0.1, 0.15) is 15.9 Å². The van der Waals surface area contributed by atoms with Crippen molar-refractivity contribution < 1.29 is 19.4 Å². The molecule has 0 spiro atoms. The Kier molecular flexibility index (Phi) is 5.00. The van der Waals surface area contributed by atoms with E-state index >= 15 is 0 Å². The maximum absolute atomic E-state index is 11.4. The largest absolute Gasteiger partial charge is 0.465 e. The monoisotopic (exact) mass is 332 g/mol. The van der Waals surface area contributed by atoms with Gasteiger partial charge in [-0.25, -0.2) is 9.78 Å². The number of carbonyl (C=O) groups is 1. The van der Waals surface area contributed by atoms with Crippen molar-refractivity contribution in [2.45, 2.75) is 6.54 Å². The topological polar surface area (TPSA) is 138 Å². The summed E-state index contributed by atoms with van der Waals surface area (Å²) in [5.74, 6) is -0.751. The van der Waals surface area contributed by atoms with Crippen molar-refractivity contribution in [3.8, 4) is 0 Å². The van der Waals surface area contributed by atoms with Gasteiger partial charge >= 0.3 is 11.7 Å². The summed E-state index contributed by atoms with van der Waals surface area (Å²) < 4.78 is 4.49. The summed E-state index contributed by atoms with van der Waals surface area (Å²) in [5, 5.41) is 24.5. The minimum Gasteiger partial charge on any atom is -0.465 e. The van der Waals surface area contributed by atoms with Crippen molar-refractivity contribution in [1.82, 2.24) is 4.98 Å². The highest BCUT2D eigenvalue weighted by Gasteiger charge is 2.19. The van der Waals surface area contributed by atoms with Gasteiger partial charge in [-0.05, 0) is 5.56 Å². The van der Waals surface area contributed by atoms with Gasteiger partial charge in [0.25, 0.3) is 5.69 Å². The average Bonchev–Trinajstić information content (AvgIpc) is 2.59. The highest BCUT2D eigenvalue weighted by molar-refractivity contribution is 5.90. The molecule has 0 aliphatic rings. The molecule has 10 nitrogen and oxygen atoms in total. The van der Waals surface area contributed by atoms with Crippen LogP contribution in [0.25, 0.3) is 0 Å². The minimum absolute atomic E-state index is 0.0222. The molecular weight excluding hydrogens is 320 g/mol. The van der Waals surface area contributed by atoms with Crippen molar-refractivity contribution in [1.29, 1.82) is 0 Å². The number of hydrogen-bond donors (Lipinski definition) is 1. The third-order valence-corrected chi connectivity index (χ3v) is 3.09. The van der Waals surface area contributed by atoms with Gasteiger partial charge in [0.05, 0.1) is 22.5 Å². The zero-order chi connectivity index (χ0) is 17.7. The fraction of sp³-hybridized carbons (Fsp3) is 0.143. The fourth-order valence-electron chi connectivity index (χ4n) is 1.88. The van der Waals surface area contributed by atoms with Gasteiger partial charge in [-0.2, -0.15) is 0 Å². The van der Waals surface area contributed by atoms with Gasteiger partial charge in [0.1, 0.15) is 0 Å². The van der Waals surface area contributed by atoms with Crippen LogP contribution in [0.3, 0.4) is 0 Å². The number of anilines is 1. The lowest BCUT2D eigenvalue weighted by atomic mass is 10.2. The van der Waals surface area contributed by atoms with Crippen LogP contribution in [-0.2, 0) is 11.3 Å². The Hall–Kier alpha value is -3.56. The van der Waals surface area contributed by atoms with E-state index < -0.39 is 15.8 Å². The summed E-state index contributed by atoms with van der Waals surface area (Å²) in [4.78, 5) is 35.8. The molecule has 0 fully saturated rings. The Labute approximate surface area is 135 Å². The van der Waals surface area contributed by atoms with E-state index in [9.17, 15) is 25.0 Å². The molecule has 0 aliphatic heterocycles. The number of nitro groups is 2. The smallest absolute Gasteiger partial charge is 0.339 e. The zero-order valence-electron chi connectivity index (χ0n) is 12.5. The molecule has 24 heavy (non-hydrogen) atoms. The third kappa shape index (κ3) is 3.80. The molecule has 1 aromatic heterocycles. The third-order valence-electron chi connectivity index (χ3n) is 3.09. The van der Waals surface area contributed by atoms with Gasteiger partial charge in [0.15, 0.2) is 0 Å². The van der Waals surface area contributed by atoms with Crippen LogP contribution >= 0.6 is 0 Å². The summed E-state index contributed by atoms with van der Waals surface area (Å²) in [6.07, 6.45) is 1.16. The molecule has 0 saturated carbocycles. The first-order valence-electron chi connectivity index (χ1n) is 6.62. The molecule has 0 atom stereocenters. The van der Waals surface area contributed by atoms with Crippen LogP contribution < -0.4 is 5.32 Å². The number of nitrogens with zero attached hydrogens (tertiary/aromatic N) is 3. The molecule has 1 N–H and O–H groups in total. The van der Waals surface area contributed by atoms with Crippen LogP contribution in [0.5, 0.6) is 0 Å². The first-order chi connectivity index (χ1) is 11.4. The molecule has 0 radical (unpaired) electrons. The summed E-state index contributed by atoms with van der Waals surface area (Å²) in [6.45, 7) is 0.170. The highest BCUT2D eigenvalue weighted by Crippen LogP contribution is 2.24. The summed E-state index contributed by atoms with van der Waals surface area (Å²) in [6, 6.07) is 6.79. The lowest BCUT2D eigenvalue weighted by Gasteiger charge is -2.07. The molecule has 0 saturated heterocycles. The van der Waals surface area contributed by atoms with Gasteiger partial charge in [-0.3, -0.25) is 20.2 Å². The number of aromatic nitrogens is 1. The highest BCUT2D eigenvalue weighted by atomic mass is 16.6. The number of esters is 1. The molecule has 2 rings (SSSR count). The Morgan fingerprint density at radius 3 is 2.42 bits per heavy atom. The maximum atomic E-state index is 11.4. The van der Waals surface area contributed by atoms with Gasteiger partial charge in [-0.15, -0.1) is 0 Å². The van der Waals surface area contributed by atoms with E-state index in [1.807, 2.05) is 0 Å².